The molecule has 0 aromatic heterocycles. The first kappa shape index (κ1) is 24.1. The van der Waals surface area contributed by atoms with Gasteiger partial charge in [-0.1, -0.05) is 0 Å². The maximum absolute atomic E-state index is 8.55. The van der Waals surface area contributed by atoms with E-state index in [4.69, 9.17) is 38.5 Å². The topological polar surface area (TPSA) is 172 Å². The molecule has 2 radical (unpaired) electrons. The van der Waals surface area contributed by atoms with Crippen LogP contribution in [-0.4, -0.2) is 26.2 Å². The Morgan fingerprint density at radius 1 is 0.667 bits per heavy atom. The van der Waals surface area contributed by atoms with E-state index in [0.717, 1.165) is 0 Å². The van der Waals surface area contributed by atoms with Crippen molar-refractivity contribution in [2.45, 2.75) is 0 Å². The first-order chi connectivity index (χ1) is 4.00. The maximum atomic E-state index is 8.55. The van der Waals surface area contributed by atoms with Gasteiger partial charge >= 0.3 is 75.6 Å². The molecule has 12 heavy (non-hydrogen) atoms. The van der Waals surface area contributed by atoms with Crippen LogP contribution in [0.3, 0.4) is 0 Å². The van der Waals surface area contributed by atoms with Crippen LogP contribution in [0, 0.1) is 49.4 Å². The molecule has 0 unspecified atom stereocenters. The number of hydrogen-bond donors (Lipinski definition) is 0. The van der Waals surface area contributed by atoms with Gasteiger partial charge in [0.2, 0.25) is 0 Å². The van der Waals surface area contributed by atoms with Crippen molar-refractivity contribution in [3.8, 4) is 0 Å². The molecule has 0 aliphatic rings. The smallest absolute Gasteiger partial charge is 0.822 e. The Balaban J connectivity index is -0.0000000457. The molecule has 0 heterocycles. The van der Waals surface area contributed by atoms with Crippen LogP contribution in [-0.2, 0) is 9.13 Å². The van der Waals surface area contributed by atoms with E-state index >= 15 is 0 Å². The Morgan fingerprint density at radius 2 is 0.667 bits per heavy atom. The van der Waals surface area contributed by atoms with Gasteiger partial charge < -0.3 is 38.5 Å². The quantitative estimate of drug-likeness (QED) is 0.212. The molecule has 0 fully saturated rings. The molecule has 0 aromatic rings. The van der Waals surface area contributed by atoms with Crippen LogP contribution in [0.1, 0.15) is 0 Å². The minimum atomic E-state index is -5.39. The van der Waals surface area contributed by atoms with Gasteiger partial charge in [0.15, 0.2) is 0 Å². The third kappa shape index (κ3) is 240. The second kappa shape index (κ2) is 10.2. The largest absolute Gasteiger partial charge is 3.00 e. The average Bonchev–Trinajstić information content (AvgIpc) is 1.12. The summed E-state index contributed by atoms with van der Waals surface area (Å²) in [6.45, 7) is 0. The van der Waals surface area contributed by atoms with Crippen molar-refractivity contribution in [3.05, 3.63) is 0 Å². The van der Waals surface area contributed by atoms with Crippen LogP contribution in [0.15, 0.2) is 0 Å². The van der Waals surface area contributed by atoms with Crippen LogP contribution < -0.4 is 29.4 Å². The van der Waals surface area contributed by atoms with Gasteiger partial charge in [0.05, 0.1) is 0 Å². The second-order valence-electron chi connectivity index (χ2n) is 0.894. The number of phosphoric acid groups is 2. The zero-order valence-corrected chi connectivity index (χ0v) is 12.7. The fourth-order valence-electron chi connectivity index (χ4n) is 0. The van der Waals surface area contributed by atoms with Crippen molar-refractivity contribution < 1.29 is 87.9 Å². The van der Waals surface area contributed by atoms with Crippen molar-refractivity contribution in [2.75, 3.05) is 0 Å². The molecule has 0 N–H and O–H groups in total. The van der Waals surface area contributed by atoms with Gasteiger partial charge in [0, 0.05) is 0 Å². The van der Waals surface area contributed by atoms with Crippen molar-refractivity contribution in [2.24, 2.45) is 0 Å². The van der Waals surface area contributed by atoms with Crippen molar-refractivity contribution >= 4 is 41.8 Å². The molecule has 0 rings (SSSR count). The molecule has 0 atom stereocenters. The molecule has 0 aliphatic heterocycles. The molecule has 0 amide bonds. The normalized spacial score (nSPS) is 9.83. The van der Waals surface area contributed by atoms with E-state index in [2.05, 4.69) is 0 Å². The van der Waals surface area contributed by atoms with Crippen molar-refractivity contribution in [1.82, 2.24) is 0 Å². The second-order valence-corrected chi connectivity index (χ2v) is 2.68. The van der Waals surface area contributed by atoms with Gasteiger partial charge in [-0.25, -0.2) is 0 Å². The van der Waals surface area contributed by atoms with E-state index in [0.29, 0.717) is 0 Å². The molecule has 12 heteroatoms. The number of rotatable bonds is 0. The van der Waals surface area contributed by atoms with E-state index in [1.54, 1.807) is 0 Å². The fourth-order valence-corrected chi connectivity index (χ4v) is 0. The molecule has 0 aliphatic carbocycles. The predicted molar refractivity (Wildman–Crippen MR) is 21.0 cm³/mol. The van der Waals surface area contributed by atoms with E-state index in [9.17, 15) is 0 Å². The summed E-state index contributed by atoms with van der Waals surface area (Å²) < 4.78 is 17.1. The first-order valence-corrected chi connectivity index (χ1v) is 4.38. The van der Waals surface area contributed by atoms with Crippen molar-refractivity contribution in [3.63, 3.8) is 0 Å². The third-order valence-corrected chi connectivity index (χ3v) is 0. The summed E-state index contributed by atoms with van der Waals surface area (Å²) in [5.41, 5.74) is 0. The van der Waals surface area contributed by atoms with Gasteiger partial charge in [-0.15, -0.1) is 0 Å². The fraction of sp³-hybridized carbons (Fsp3) is 0. The molecule has 0 aromatic carbocycles. The Morgan fingerprint density at radius 3 is 0.667 bits per heavy atom. The summed E-state index contributed by atoms with van der Waals surface area (Å²) in [6, 6.07) is 0. The Hall–Kier alpha value is 2.69. The van der Waals surface area contributed by atoms with Crippen LogP contribution in [0.5, 0.6) is 0 Å². The Bertz CT molecular complexity index is 129. The van der Waals surface area contributed by atoms with Gasteiger partial charge in [-0.2, -0.15) is 15.6 Å². The summed E-state index contributed by atoms with van der Waals surface area (Å²) in [5.74, 6) is 0. The van der Waals surface area contributed by atoms with Gasteiger partial charge in [0.1, 0.15) is 0 Å². The molecule has 0 spiro atoms. The molecular formula is BiEuO8P2. The number of hydrogen-bond acceptors (Lipinski definition) is 8. The summed E-state index contributed by atoms with van der Waals surface area (Å²) in [5, 5.41) is 0. The minimum absolute atomic E-state index is 0. The van der Waals surface area contributed by atoms with E-state index in [1.165, 1.54) is 0 Å². The summed E-state index contributed by atoms with van der Waals surface area (Å²) >= 11 is 0. The molecular weight excluding hydrogens is 551 g/mol. The maximum Gasteiger partial charge on any atom is 3.00 e. The molecule has 0 saturated carbocycles. The van der Waals surface area contributed by atoms with Gasteiger partial charge in [-0.05, 0) is 0 Å². The van der Waals surface area contributed by atoms with Gasteiger partial charge in [0.25, 0.3) is 0 Å². The monoisotopic (exact) mass is 552 g/mol. The van der Waals surface area contributed by atoms with E-state index in [1.807, 2.05) is 0 Å². The first-order valence-electron chi connectivity index (χ1n) is 1.46. The Labute approximate surface area is 128 Å². The summed E-state index contributed by atoms with van der Waals surface area (Å²) in [7, 11) is -10.8. The zero-order chi connectivity index (χ0) is 9.00. The minimum Gasteiger partial charge on any atom is -0.822 e. The predicted octanol–water partition coefficient (Wildman–Crippen LogP) is -6.03. The van der Waals surface area contributed by atoms with Crippen LogP contribution in [0.4, 0.5) is 0 Å². The van der Waals surface area contributed by atoms with Gasteiger partial charge in [-0.3, -0.25) is 0 Å². The Kier molecular flexibility index (Phi) is 20.5. The van der Waals surface area contributed by atoms with E-state index < -0.39 is 15.6 Å². The molecule has 70 valence electrons. The van der Waals surface area contributed by atoms with Crippen LogP contribution in [0.2, 0.25) is 0 Å². The SMILES string of the molecule is O=P([O-])([O-])[O-].O=P([O-])([O-])[O-].[Bi+3].[Eu+3]. The summed E-state index contributed by atoms with van der Waals surface area (Å²) in [4.78, 5) is 51.3. The van der Waals surface area contributed by atoms with E-state index in [-0.39, 0.29) is 75.6 Å². The standard InChI is InChI=1S/Bi.Eu.2H3O4P/c;;2*1-5(2,3)4/h;;2*(H3,1,2,3,4)/q2*+3;;/p-6. The molecule has 0 saturated heterocycles. The average molecular weight is 551 g/mol. The van der Waals surface area contributed by atoms with Crippen LogP contribution in [0.25, 0.3) is 0 Å². The molecule has 8 nitrogen and oxygen atoms in total. The molecule has 0 bridgehead atoms. The third-order valence-electron chi connectivity index (χ3n) is 0. The summed E-state index contributed by atoms with van der Waals surface area (Å²) in [6.07, 6.45) is 0. The zero-order valence-electron chi connectivity index (χ0n) is 4.99. The van der Waals surface area contributed by atoms with Crippen LogP contribution >= 0.6 is 15.6 Å². The van der Waals surface area contributed by atoms with Crippen molar-refractivity contribution in [1.29, 1.82) is 0 Å².